The third-order valence-corrected chi connectivity index (χ3v) is 0.794. The van der Waals surface area contributed by atoms with Gasteiger partial charge in [0.1, 0.15) is 0 Å². The van der Waals surface area contributed by atoms with Gasteiger partial charge in [-0.25, -0.2) is 4.79 Å². The van der Waals surface area contributed by atoms with Crippen molar-refractivity contribution in [2.75, 3.05) is 0 Å². The van der Waals surface area contributed by atoms with Gasteiger partial charge in [-0.15, -0.1) is 5.10 Å². The third kappa shape index (κ3) is 2.01. The van der Waals surface area contributed by atoms with Gasteiger partial charge in [0, 0.05) is 0 Å². The fraction of sp³-hybridized carbons (Fsp3) is 0. The number of hydrogen-bond donors (Lipinski definition) is 5. The predicted molar refractivity (Wildman–Crippen MR) is 37.6 cm³/mol. The lowest BCUT2D eigenvalue weighted by Gasteiger charge is -2.13. The smallest absolute Gasteiger partial charge is 0.421 e. The first-order valence-corrected chi connectivity index (χ1v) is 2.41. The minimum atomic E-state index is -1.51. The molecular weight excluding hydrogens is 152 g/mol. The molecule has 0 fully saturated rings. The van der Waals surface area contributed by atoms with Crippen molar-refractivity contribution in [2.45, 2.75) is 0 Å². The van der Waals surface area contributed by atoms with Crippen molar-refractivity contribution in [1.82, 2.24) is 4.90 Å². The van der Waals surface area contributed by atoms with Crippen molar-refractivity contribution < 1.29 is 9.90 Å². The fourth-order valence-corrected chi connectivity index (χ4v) is 0.382. The predicted octanol–water partition coefficient (Wildman–Crippen LogP) is -1.95. The number of rotatable bonds is 0. The Bertz CT molecular complexity index is 196. The molecule has 0 bridgehead atoms. The molecule has 0 aliphatic carbocycles. The maximum atomic E-state index is 10.2. The lowest BCUT2D eigenvalue weighted by atomic mass is 10.7. The number of guanidine groups is 2. The molecule has 0 radical (unpaired) electrons. The molecule has 0 aliphatic rings. The van der Waals surface area contributed by atoms with Crippen molar-refractivity contribution in [3.8, 4) is 0 Å². The van der Waals surface area contributed by atoms with Crippen LogP contribution in [0.3, 0.4) is 0 Å². The van der Waals surface area contributed by atoms with Gasteiger partial charge in [-0.2, -0.15) is 4.90 Å². The van der Waals surface area contributed by atoms with Crippen LogP contribution in [-0.2, 0) is 0 Å². The van der Waals surface area contributed by atoms with E-state index in [-0.39, 0.29) is 4.90 Å². The van der Waals surface area contributed by atoms with Crippen LogP contribution in [0.4, 0.5) is 4.79 Å². The number of carboxylic acid groups (broad SMARTS) is 1. The lowest BCUT2D eigenvalue weighted by molar-refractivity contribution is 0.183. The maximum Gasteiger partial charge on any atom is 0.421 e. The highest BCUT2D eigenvalue weighted by molar-refractivity contribution is 6.08. The Morgan fingerprint density at radius 2 is 2.00 bits per heavy atom. The molecule has 0 unspecified atom stereocenters. The van der Waals surface area contributed by atoms with Crippen LogP contribution in [0.25, 0.3) is 0 Å². The Balaban J connectivity index is 4.62. The fourth-order valence-electron chi connectivity index (χ4n) is 0.382. The average molecular weight is 160 g/mol. The van der Waals surface area contributed by atoms with Crippen LogP contribution < -0.4 is 17.3 Å². The first kappa shape index (κ1) is 9.01. The zero-order valence-corrected chi connectivity index (χ0v) is 5.48. The first-order valence-electron chi connectivity index (χ1n) is 2.41. The van der Waals surface area contributed by atoms with E-state index in [1.165, 1.54) is 0 Å². The van der Waals surface area contributed by atoms with E-state index in [1.54, 1.807) is 0 Å². The SMILES string of the molecule is N=C(N)N(C(=O)O)C(N)=NN. The molecule has 0 aromatic rings. The second-order valence-corrected chi connectivity index (χ2v) is 1.49. The summed E-state index contributed by atoms with van der Waals surface area (Å²) in [5.74, 6) is 3.34. The summed E-state index contributed by atoms with van der Waals surface area (Å²) in [5.41, 5.74) is 9.79. The van der Waals surface area contributed by atoms with Crippen LogP contribution in [-0.4, -0.2) is 28.0 Å². The van der Waals surface area contributed by atoms with Gasteiger partial charge in [0.2, 0.25) is 11.9 Å². The molecule has 8 heteroatoms. The van der Waals surface area contributed by atoms with Crippen LogP contribution >= 0.6 is 0 Å². The Labute approximate surface area is 61.8 Å². The quantitative estimate of drug-likeness (QED) is 0.120. The summed E-state index contributed by atoms with van der Waals surface area (Å²) in [7, 11) is 0. The monoisotopic (exact) mass is 160 g/mol. The van der Waals surface area contributed by atoms with E-state index in [4.69, 9.17) is 22.0 Å². The Morgan fingerprint density at radius 1 is 1.55 bits per heavy atom. The van der Waals surface area contributed by atoms with Crippen LogP contribution in [0.1, 0.15) is 0 Å². The highest BCUT2D eigenvalue weighted by Crippen LogP contribution is 1.85. The van der Waals surface area contributed by atoms with Gasteiger partial charge >= 0.3 is 6.09 Å². The lowest BCUT2D eigenvalue weighted by Crippen LogP contribution is -2.48. The topological polar surface area (TPSA) is 155 Å². The Hall–Kier alpha value is -1.99. The van der Waals surface area contributed by atoms with Crippen LogP contribution in [0.5, 0.6) is 0 Å². The zero-order valence-electron chi connectivity index (χ0n) is 5.48. The summed E-state index contributed by atoms with van der Waals surface area (Å²) in [6, 6.07) is 0. The number of hydrazone groups is 1. The minimum Gasteiger partial charge on any atom is -0.464 e. The Morgan fingerprint density at radius 3 is 2.09 bits per heavy atom. The summed E-state index contributed by atoms with van der Waals surface area (Å²) < 4.78 is 0. The van der Waals surface area contributed by atoms with E-state index >= 15 is 0 Å². The van der Waals surface area contributed by atoms with Gasteiger partial charge in [0.25, 0.3) is 0 Å². The molecule has 0 heterocycles. The molecule has 0 aliphatic heterocycles. The maximum absolute atomic E-state index is 10.2. The highest BCUT2D eigenvalue weighted by Gasteiger charge is 2.18. The van der Waals surface area contributed by atoms with E-state index in [0.29, 0.717) is 0 Å². The molecule has 8 nitrogen and oxygen atoms in total. The first-order chi connectivity index (χ1) is 5.00. The summed E-state index contributed by atoms with van der Waals surface area (Å²) in [6.07, 6.45) is -1.51. The molecule has 0 atom stereocenters. The molecular formula is C3H8N6O2. The van der Waals surface area contributed by atoms with E-state index in [0.717, 1.165) is 0 Å². The summed E-state index contributed by atoms with van der Waals surface area (Å²) >= 11 is 0. The standard InChI is InChI=1S/C3H8N6O2/c4-1(5)9(3(10)11)2(6)8-7/h7H2,(H3,4,5)(H2,6,8)(H,10,11). The largest absolute Gasteiger partial charge is 0.464 e. The van der Waals surface area contributed by atoms with Gasteiger partial charge in [-0.1, -0.05) is 0 Å². The second-order valence-electron chi connectivity index (χ2n) is 1.49. The van der Waals surface area contributed by atoms with E-state index in [9.17, 15) is 4.79 Å². The number of amides is 1. The number of nitrogens with one attached hydrogen (secondary N) is 1. The van der Waals surface area contributed by atoms with Crippen molar-refractivity contribution in [3.05, 3.63) is 0 Å². The molecule has 0 saturated heterocycles. The summed E-state index contributed by atoms with van der Waals surface area (Å²) in [6.45, 7) is 0. The minimum absolute atomic E-state index is 0.236. The third-order valence-electron chi connectivity index (χ3n) is 0.794. The second kappa shape index (κ2) is 3.25. The van der Waals surface area contributed by atoms with Gasteiger partial charge in [-0.05, 0) is 0 Å². The van der Waals surface area contributed by atoms with Crippen LogP contribution in [0, 0.1) is 5.41 Å². The number of hydrogen-bond acceptors (Lipinski definition) is 4. The van der Waals surface area contributed by atoms with Gasteiger partial charge < -0.3 is 22.4 Å². The van der Waals surface area contributed by atoms with Crippen molar-refractivity contribution >= 4 is 18.0 Å². The summed E-state index contributed by atoms with van der Waals surface area (Å²) in [4.78, 5) is 10.5. The Kier molecular flexibility index (Phi) is 2.66. The molecule has 1 amide bonds. The molecule has 0 saturated carbocycles. The molecule has 0 spiro atoms. The molecule has 11 heavy (non-hydrogen) atoms. The number of nitrogens with two attached hydrogens (primary N) is 3. The van der Waals surface area contributed by atoms with Crippen molar-refractivity contribution in [2.24, 2.45) is 22.4 Å². The molecule has 0 rings (SSSR count). The highest BCUT2D eigenvalue weighted by atomic mass is 16.4. The van der Waals surface area contributed by atoms with Crippen molar-refractivity contribution in [1.29, 1.82) is 5.41 Å². The van der Waals surface area contributed by atoms with Crippen LogP contribution in [0.2, 0.25) is 0 Å². The normalized spacial score (nSPS) is 10.7. The van der Waals surface area contributed by atoms with Crippen molar-refractivity contribution in [3.63, 3.8) is 0 Å². The van der Waals surface area contributed by atoms with Gasteiger partial charge in [0.15, 0.2) is 0 Å². The van der Waals surface area contributed by atoms with Gasteiger partial charge in [0.05, 0.1) is 0 Å². The molecule has 0 aromatic heterocycles. The van der Waals surface area contributed by atoms with Crippen LogP contribution in [0.15, 0.2) is 5.10 Å². The van der Waals surface area contributed by atoms with Gasteiger partial charge in [-0.3, -0.25) is 5.41 Å². The van der Waals surface area contributed by atoms with E-state index in [1.807, 2.05) is 0 Å². The van der Waals surface area contributed by atoms with E-state index < -0.39 is 18.0 Å². The zero-order chi connectivity index (χ0) is 9.02. The molecule has 8 N–H and O–H groups in total. The number of carbonyl (C=O) groups is 1. The summed E-state index contributed by atoms with van der Waals surface area (Å²) in [5, 5.41) is 17.9. The number of nitrogens with zero attached hydrogens (tertiary/aromatic N) is 2. The van der Waals surface area contributed by atoms with E-state index in [2.05, 4.69) is 10.9 Å². The molecule has 62 valence electrons. The average Bonchev–Trinajstić information content (AvgIpc) is 1.85. The molecule has 0 aromatic carbocycles.